The van der Waals surface area contributed by atoms with Gasteiger partial charge < -0.3 is 14.2 Å². The van der Waals surface area contributed by atoms with Crippen LogP contribution in [0.15, 0.2) is 61.2 Å². The van der Waals surface area contributed by atoms with E-state index in [9.17, 15) is 4.79 Å². The van der Waals surface area contributed by atoms with E-state index < -0.39 is 0 Å². The Bertz CT molecular complexity index is 992. The van der Waals surface area contributed by atoms with E-state index >= 15 is 0 Å². The van der Waals surface area contributed by atoms with Crippen LogP contribution in [0.25, 0.3) is 11.0 Å². The van der Waals surface area contributed by atoms with Gasteiger partial charge in [0.15, 0.2) is 0 Å². The van der Waals surface area contributed by atoms with Gasteiger partial charge in [0.1, 0.15) is 11.6 Å². The van der Waals surface area contributed by atoms with Crippen LogP contribution in [0.5, 0.6) is 5.75 Å². The third-order valence-corrected chi connectivity index (χ3v) is 4.94. The molecule has 4 rings (SSSR count). The zero-order valence-corrected chi connectivity index (χ0v) is 15.5. The number of nitrogens with zero attached hydrogens (tertiary/aromatic N) is 3. The number of hydrogen-bond acceptors (Lipinski definition) is 3. The number of fused-ring (bicyclic) bond motifs is 1. The van der Waals surface area contributed by atoms with Crippen molar-refractivity contribution >= 4 is 22.6 Å². The predicted octanol–water partition coefficient (Wildman–Crippen LogP) is 4.14. The number of rotatable bonds is 6. The maximum atomic E-state index is 12.8. The Morgan fingerprint density at radius 2 is 2.00 bits per heavy atom. The largest absolute Gasteiger partial charge is 0.492 e. The van der Waals surface area contributed by atoms with E-state index in [0.29, 0.717) is 26.1 Å². The number of hydrogen-bond donors (Lipinski definition) is 0. The van der Waals surface area contributed by atoms with E-state index in [4.69, 9.17) is 9.72 Å². The minimum Gasteiger partial charge on any atom is -0.492 e. The summed E-state index contributed by atoms with van der Waals surface area (Å²) >= 11 is 0. The van der Waals surface area contributed by atoms with Gasteiger partial charge in [-0.3, -0.25) is 4.79 Å². The van der Waals surface area contributed by atoms with Gasteiger partial charge in [-0.25, -0.2) is 4.98 Å². The SMILES string of the molecule is C=CCn1c(C2CC(=O)N(c3ccccc3OCC)C2)nc2ccccc21. The van der Waals surface area contributed by atoms with Crippen LogP contribution in [0.2, 0.25) is 0 Å². The molecule has 1 aliphatic rings. The first-order chi connectivity index (χ1) is 13.2. The molecule has 2 heterocycles. The summed E-state index contributed by atoms with van der Waals surface area (Å²) in [6, 6.07) is 15.8. The Morgan fingerprint density at radius 1 is 1.22 bits per heavy atom. The molecular formula is C22H23N3O2. The zero-order chi connectivity index (χ0) is 18.8. The van der Waals surface area contributed by atoms with Crippen molar-refractivity contribution in [3.8, 4) is 5.75 Å². The first-order valence-corrected chi connectivity index (χ1v) is 9.31. The molecule has 5 nitrogen and oxygen atoms in total. The van der Waals surface area contributed by atoms with Gasteiger partial charge >= 0.3 is 0 Å². The van der Waals surface area contributed by atoms with Crippen LogP contribution in [0.1, 0.15) is 25.1 Å². The predicted molar refractivity (Wildman–Crippen MR) is 107 cm³/mol. The summed E-state index contributed by atoms with van der Waals surface area (Å²) in [6.45, 7) is 7.67. The van der Waals surface area contributed by atoms with Crippen LogP contribution >= 0.6 is 0 Å². The van der Waals surface area contributed by atoms with Gasteiger partial charge in [0, 0.05) is 25.4 Å². The molecule has 0 saturated carbocycles. The van der Waals surface area contributed by atoms with E-state index in [1.807, 2.05) is 60.4 Å². The second-order valence-electron chi connectivity index (χ2n) is 6.66. The first-order valence-electron chi connectivity index (χ1n) is 9.31. The lowest BCUT2D eigenvalue weighted by Gasteiger charge is -2.20. The quantitative estimate of drug-likeness (QED) is 0.620. The van der Waals surface area contributed by atoms with Crippen molar-refractivity contribution in [3.63, 3.8) is 0 Å². The molecule has 138 valence electrons. The van der Waals surface area contributed by atoms with Gasteiger partial charge in [-0.1, -0.05) is 30.3 Å². The molecule has 27 heavy (non-hydrogen) atoms. The molecule has 0 radical (unpaired) electrons. The van der Waals surface area contributed by atoms with Gasteiger partial charge in [0.25, 0.3) is 0 Å². The lowest BCUT2D eigenvalue weighted by molar-refractivity contribution is -0.117. The maximum absolute atomic E-state index is 12.8. The number of carbonyl (C=O) groups excluding carboxylic acids is 1. The van der Waals surface area contributed by atoms with E-state index in [0.717, 1.165) is 28.3 Å². The summed E-state index contributed by atoms with van der Waals surface area (Å²) in [6.07, 6.45) is 2.32. The minimum absolute atomic E-state index is 0.0412. The highest BCUT2D eigenvalue weighted by atomic mass is 16.5. The molecule has 1 amide bonds. The number of allylic oxidation sites excluding steroid dienone is 1. The summed E-state index contributed by atoms with van der Waals surface area (Å²) < 4.78 is 7.89. The Kier molecular flexibility index (Phi) is 4.67. The number of amides is 1. The van der Waals surface area contributed by atoms with Crippen LogP contribution < -0.4 is 9.64 Å². The lowest BCUT2D eigenvalue weighted by atomic mass is 10.1. The Morgan fingerprint density at radius 3 is 2.81 bits per heavy atom. The average molecular weight is 361 g/mol. The monoisotopic (exact) mass is 361 g/mol. The Labute approximate surface area is 158 Å². The third kappa shape index (κ3) is 3.10. The molecule has 1 aliphatic heterocycles. The van der Waals surface area contributed by atoms with Gasteiger partial charge in [-0.15, -0.1) is 6.58 Å². The molecule has 1 aromatic heterocycles. The summed E-state index contributed by atoms with van der Waals surface area (Å²) in [4.78, 5) is 19.5. The Balaban J connectivity index is 1.70. The second-order valence-corrected chi connectivity index (χ2v) is 6.66. The van der Waals surface area contributed by atoms with Crippen LogP contribution in [-0.2, 0) is 11.3 Å². The summed E-state index contributed by atoms with van der Waals surface area (Å²) in [5.74, 6) is 1.83. The Hall–Kier alpha value is -3.08. The molecule has 0 spiro atoms. The van der Waals surface area contributed by atoms with E-state index in [-0.39, 0.29) is 11.8 Å². The number of ether oxygens (including phenoxy) is 1. The van der Waals surface area contributed by atoms with Crippen molar-refractivity contribution in [3.05, 3.63) is 67.0 Å². The summed E-state index contributed by atoms with van der Waals surface area (Å²) in [5, 5.41) is 0. The molecule has 2 aromatic carbocycles. The second kappa shape index (κ2) is 7.27. The fourth-order valence-corrected chi connectivity index (χ4v) is 3.80. The molecule has 0 aliphatic carbocycles. The molecule has 1 atom stereocenters. The van der Waals surface area contributed by atoms with Crippen LogP contribution in [0.4, 0.5) is 5.69 Å². The fraction of sp³-hybridized carbons (Fsp3) is 0.273. The van der Waals surface area contributed by atoms with Gasteiger partial charge in [0.05, 0.1) is 23.3 Å². The van der Waals surface area contributed by atoms with E-state index in [1.54, 1.807) is 0 Å². The molecule has 0 bridgehead atoms. The highest BCUT2D eigenvalue weighted by Crippen LogP contribution is 2.37. The van der Waals surface area contributed by atoms with Crippen molar-refractivity contribution in [2.24, 2.45) is 0 Å². The number of carbonyl (C=O) groups is 1. The fourth-order valence-electron chi connectivity index (χ4n) is 3.80. The molecule has 0 N–H and O–H groups in total. The number of para-hydroxylation sites is 4. The van der Waals surface area contributed by atoms with Gasteiger partial charge in [-0.2, -0.15) is 0 Å². The van der Waals surface area contributed by atoms with Gasteiger partial charge in [0.2, 0.25) is 5.91 Å². The highest BCUT2D eigenvalue weighted by molar-refractivity contribution is 5.97. The number of imidazole rings is 1. The molecule has 3 aromatic rings. The average Bonchev–Trinajstić information content (AvgIpc) is 3.24. The normalized spacial score (nSPS) is 16.9. The van der Waals surface area contributed by atoms with Crippen LogP contribution in [0.3, 0.4) is 0 Å². The van der Waals surface area contributed by atoms with Crippen molar-refractivity contribution < 1.29 is 9.53 Å². The standard InChI is InChI=1S/C22H23N3O2/c1-3-13-24-18-10-6-5-9-17(18)23-22(24)16-14-21(26)25(15-16)19-11-7-8-12-20(19)27-4-2/h3,5-12,16H,1,4,13-15H2,2H3. The van der Waals surface area contributed by atoms with Crippen LogP contribution in [0, 0.1) is 0 Å². The topological polar surface area (TPSA) is 47.4 Å². The highest BCUT2D eigenvalue weighted by Gasteiger charge is 2.35. The third-order valence-electron chi connectivity index (χ3n) is 4.94. The molecule has 1 saturated heterocycles. The van der Waals surface area contributed by atoms with Crippen molar-refractivity contribution in [2.45, 2.75) is 25.8 Å². The number of aromatic nitrogens is 2. The number of benzene rings is 2. The van der Waals surface area contributed by atoms with E-state index in [1.165, 1.54) is 0 Å². The summed E-state index contributed by atoms with van der Waals surface area (Å²) in [7, 11) is 0. The zero-order valence-electron chi connectivity index (χ0n) is 15.5. The maximum Gasteiger partial charge on any atom is 0.227 e. The van der Waals surface area contributed by atoms with Crippen molar-refractivity contribution in [1.82, 2.24) is 9.55 Å². The van der Waals surface area contributed by atoms with E-state index in [2.05, 4.69) is 17.2 Å². The smallest absolute Gasteiger partial charge is 0.227 e. The summed E-state index contributed by atoms with van der Waals surface area (Å²) in [5.41, 5.74) is 2.86. The molecule has 1 unspecified atom stereocenters. The first kappa shape index (κ1) is 17.3. The lowest BCUT2D eigenvalue weighted by Crippen LogP contribution is -2.25. The number of anilines is 1. The molecule has 5 heteroatoms. The minimum atomic E-state index is 0.0412. The van der Waals surface area contributed by atoms with Crippen molar-refractivity contribution in [2.75, 3.05) is 18.1 Å². The van der Waals surface area contributed by atoms with Crippen molar-refractivity contribution in [1.29, 1.82) is 0 Å². The van der Waals surface area contributed by atoms with Gasteiger partial charge in [-0.05, 0) is 31.2 Å². The molecular weight excluding hydrogens is 338 g/mol. The molecule has 1 fully saturated rings. The van der Waals surface area contributed by atoms with Crippen LogP contribution in [-0.4, -0.2) is 28.6 Å².